The number of carbonyl (C=O) groups excluding carboxylic acids is 1. The summed E-state index contributed by atoms with van der Waals surface area (Å²) in [5, 5.41) is 12.2. The Morgan fingerprint density at radius 2 is 1.71 bits per heavy atom. The molecule has 0 spiro atoms. The van der Waals surface area contributed by atoms with Crippen LogP contribution < -0.4 is 5.32 Å². The lowest BCUT2D eigenvalue weighted by Gasteiger charge is -2.26. The first-order valence-electron chi connectivity index (χ1n) is 9.01. The molecule has 0 atom stereocenters. The lowest BCUT2D eigenvalue weighted by Crippen LogP contribution is -2.36. The lowest BCUT2D eigenvalue weighted by molar-refractivity contribution is 0.0689. The van der Waals surface area contributed by atoms with Gasteiger partial charge in [-0.3, -0.25) is 4.79 Å². The molecule has 0 radical (unpaired) electrons. The molecule has 6 heteroatoms. The molecule has 2 aromatic carbocycles. The Morgan fingerprint density at radius 3 is 2.36 bits per heavy atom. The van der Waals surface area contributed by atoms with Crippen molar-refractivity contribution in [3.63, 3.8) is 0 Å². The van der Waals surface area contributed by atoms with Gasteiger partial charge in [0, 0.05) is 25.0 Å². The molecule has 1 N–H and O–H groups in total. The maximum atomic E-state index is 12.9. The third-order valence-electron chi connectivity index (χ3n) is 4.27. The quantitative estimate of drug-likeness (QED) is 0.704. The molecule has 1 aromatic heterocycles. The number of amides is 1. The van der Waals surface area contributed by atoms with Crippen molar-refractivity contribution < 1.29 is 4.79 Å². The summed E-state index contributed by atoms with van der Waals surface area (Å²) in [6, 6.07) is 19.1. The molecule has 28 heavy (non-hydrogen) atoms. The van der Waals surface area contributed by atoms with Crippen LogP contribution in [0, 0.1) is 11.3 Å². The van der Waals surface area contributed by atoms with Crippen LogP contribution in [0.1, 0.15) is 35.3 Å². The normalized spacial score (nSPS) is 10.4. The number of aromatic nitrogens is 2. The van der Waals surface area contributed by atoms with Crippen LogP contribution in [0.3, 0.4) is 0 Å². The minimum atomic E-state index is -0.122. The van der Waals surface area contributed by atoms with Gasteiger partial charge in [-0.2, -0.15) is 5.26 Å². The van der Waals surface area contributed by atoms with Crippen LogP contribution in [-0.4, -0.2) is 26.8 Å². The molecule has 1 heterocycles. The van der Waals surface area contributed by atoms with E-state index in [1.165, 1.54) is 12.4 Å². The van der Waals surface area contributed by atoms with E-state index < -0.39 is 0 Å². The molecule has 3 rings (SSSR count). The van der Waals surface area contributed by atoms with Crippen molar-refractivity contribution >= 4 is 17.5 Å². The number of carbonyl (C=O) groups is 1. The number of para-hydroxylation sites is 1. The molecule has 6 nitrogen and oxygen atoms in total. The summed E-state index contributed by atoms with van der Waals surface area (Å²) >= 11 is 0. The Morgan fingerprint density at radius 1 is 1.07 bits per heavy atom. The number of nitrogens with zero attached hydrogens (tertiary/aromatic N) is 4. The Balaban J connectivity index is 1.76. The number of rotatable bonds is 6. The van der Waals surface area contributed by atoms with E-state index in [-0.39, 0.29) is 11.9 Å². The Kier molecular flexibility index (Phi) is 5.97. The van der Waals surface area contributed by atoms with E-state index in [2.05, 4.69) is 21.4 Å². The lowest BCUT2D eigenvalue weighted by atomic mass is 10.1. The fourth-order valence-corrected chi connectivity index (χ4v) is 2.75. The molecule has 0 aliphatic heterocycles. The predicted octanol–water partition coefficient (Wildman–Crippen LogP) is 4.14. The highest BCUT2D eigenvalue weighted by atomic mass is 16.2. The van der Waals surface area contributed by atoms with Gasteiger partial charge in [-0.05, 0) is 31.5 Å². The van der Waals surface area contributed by atoms with Gasteiger partial charge in [-0.1, -0.05) is 42.5 Å². The number of hydrogen-bond acceptors (Lipinski definition) is 5. The summed E-state index contributed by atoms with van der Waals surface area (Å²) in [4.78, 5) is 23.2. The molecular weight excluding hydrogens is 350 g/mol. The van der Waals surface area contributed by atoms with Gasteiger partial charge in [-0.25, -0.2) is 9.97 Å². The second-order valence-corrected chi connectivity index (χ2v) is 6.59. The molecule has 1 amide bonds. The molecular formula is C22H21N5O. The summed E-state index contributed by atoms with van der Waals surface area (Å²) in [5.74, 6) is 0.209. The van der Waals surface area contributed by atoms with Crippen LogP contribution >= 0.6 is 0 Å². The first-order chi connectivity index (χ1) is 13.6. The van der Waals surface area contributed by atoms with E-state index in [1.54, 1.807) is 23.1 Å². The van der Waals surface area contributed by atoms with Gasteiger partial charge in [0.05, 0.1) is 16.8 Å². The fraction of sp³-hybridized carbons (Fsp3) is 0.182. The number of hydrogen-bond donors (Lipinski definition) is 1. The molecule has 0 unspecified atom stereocenters. The number of anilines is 2. The van der Waals surface area contributed by atoms with Gasteiger partial charge in [-0.15, -0.1) is 0 Å². The highest BCUT2D eigenvalue weighted by molar-refractivity contribution is 5.94. The highest BCUT2D eigenvalue weighted by Gasteiger charge is 2.20. The maximum Gasteiger partial charge on any atom is 0.257 e. The SMILES string of the molecule is CC(C)N(Cc1ccccc1)C(=O)c1cnc(Nc2ccccc2C#N)nc1. The molecule has 0 bridgehead atoms. The average molecular weight is 371 g/mol. The highest BCUT2D eigenvalue weighted by Crippen LogP contribution is 2.18. The monoisotopic (exact) mass is 371 g/mol. The number of nitrogens with one attached hydrogen (secondary N) is 1. The van der Waals surface area contributed by atoms with E-state index >= 15 is 0 Å². The van der Waals surface area contributed by atoms with E-state index in [1.807, 2.05) is 50.2 Å². The van der Waals surface area contributed by atoms with Crippen molar-refractivity contribution in [1.29, 1.82) is 5.26 Å². The second kappa shape index (κ2) is 8.78. The topological polar surface area (TPSA) is 81.9 Å². The fourth-order valence-electron chi connectivity index (χ4n) is 2.75. The largest absolute Gasteiger partial charge is 0.332 e. The van der Waals surface area contributed by atoms with Crippen LogP contribution in [0.15, 0.2) is 67.0 Å². The van der Waals surface area contributed by atoms with Crippen LogP contribution in [0.25, 0.3) is 0 Å². The summed E-state index contributed by atoms with van der Waals surface area (Å²) < 4.78 is 0. The number of nitriles is 1. The standard InChI is InChI=1S/C22H21N5O/c1-16(2)27(15-17-8-4-3-5-9-17)21(28)19-13-24-22(25-14-19)26-20-11-7-6-10-18(20)12-23/h3-11,13-14,16H,15H2,1-2H3,(H,24,25,26). The molecule has 0 fully saturated rings. The first-order valence-corrected chi connectivity index (χ1v) is 9.01. The van der Waals surface area contributed by atoms with E-state index in [4.69, 9.17) is 5.26 Å². The Hall–Kier alpha value is -3.72. The van der Waals surface area contributed by atoms with Gasteiger partial charge in [0.1, 0.15) is 6.07 Å². The van der Waals surface area contributed by atoms with E-state index in [0.29, 0.717) is 29.3 Å². The van der Waals surface area contributed by atoms with Crippen LogP contribution in [0.4, 0.5) is 11.6 Å². The van der Waals surface area contributed by atoms with Crippen molar-refractivity contribution in [2.75, 3.05) is 5.32 Å². The molecule has 0 saturated carbocycles. The van der Waals surface area contributed by atoms with Crippen LogP contribution in [0.2, 0.25) is 0 Å². The van der Waals surface area contributed by atoms with Crippen molar-refractivity contribution in [2.24, 2.45) is 0 Å². The minimum Gasteiger partial charge on any atom is -0.332 e. The summed E-state index contributed by atoms with van der Waals surface area (Å²) in [6.07, 6.45) is 3.01. The molecule has 3 aromatic rings. The first kappa shape index (κ1) is 19.1. The minimum absolute atomic E-state index is 0.0352. The molecule has 0 aliphatic rings. The summed E-state index contributed by atoms with van der Waals surface area (Å²) in [5.41, 5.74) is 2.61. The van der Waals surface area contributed by atoms with Crippen molar-refractivity contribution in [1.82, 2.24) is 14.9 Å². The zero-order valence-electron chi connectivity index (χ0n) is 15.8. The predicted molar refractivity (Wildman–Crippen MR) is 108 cm³/mol. The van der Waals surface area contributed by atoms with Crippen molar-refractivity contribution in [2.45, 2.75) is 26.4 Å². The van der Waals surface area contributed by atoms with Gasteiger partial charge < -0.3 is 10.2 Å². The van der Waals surface area contributed by atoms with Crippen molar-refractivity contribution in [3.8, 4) is 6.07 Å². The Bertz CT molecular complexity index is 978. The van der Waals surface area contributed by atoms with Gasteiger partial charge >= 0.3 is 0 Å². The van der Waals surface area contributed by atoms with Crippen molar-refractivity contribution in [3.05, 3.63) is 83.7 Å². The zero-order chi connectivity index (χ0) is 19.9. The van der Waals surface area contributed by atoms with E-state index in [0.717, 1.165) is 5.56 Å². The van der Waals surface area contributed by atoms with Crippen LogP contribution in [-0.2, 0) is 6.54 Å². The van der Waals surface area contributed by atoms with Gasteiger partial charge in [0.25, 0.3) is 5.91 Å². The Labute approximate surface area is 164 Å². The van der Waals surface area contributed by atoms with Gasteiger partial charge in [0.2, 0.25) is 5.95 Å². The third kappa shape index (κ3) is 4.51. The van der Waals surface area contributed by atoms with Gasteiger partial charge in [0.15, 0.2) is 0 Å². The molecule has 140 valence electrons. The van der Waals surface area contributed by atoms with Crippen LogP contribution in [0.5, 0.6) is 0 Å². The second-order valence-electron chi connectivity index (χ2n) is 6.59. The zero-order valence-corrected chi connectivity index (χ0v) is 15.8. The average Bonchev–Trinajstić information content (AvgIpc) is 2.73. The smallest absolute Gasteiger partial charge is 0.257 e. The number of benzene rings is 2. The summed E-state index contributed by atoms with van der Waals surface area (Å²) in [6.45, 7) is 4.49. The third-order valence-corrected chi connectivity index (χ3v) is 4.27. The molecule has 0 saturated heterocycles. The maximum absolute atomic E-state index is 12.9. The molecule has 0 aliphatic carbocycles. The summed E-state index contributed by atoms with van der Waals surface area (Å²) in [7, 11) is 0. The van der Waals surface area contributed by atoms with E-state index in [9.17, 15) is 4.79 Å².